The number of hydrogen-bond acceptors (Lipinski definition) is 4. The summed E-state index contributed by atoms with van der Waals surface area (Å²) in [5, 5.41) is 1.83. The van der Waals surface area contributed by atoms with Gasteiger partial charge in [-0.1, -0.05) is 6.07 Å². The van der Waals surface area contributed by atoms with Crippen LogP contribution in [0.15, 0.2) is 47.5 Å². The van der Waals surface area contributed by atoms with Crippen LogP contribution < -0.4 is 5.32 Å². The fourth-order valence-electron chi connectivity index (χ4n) is 3.64. The first-order valence-corrected chi connectivity index (χ1v) is 11.4. The minimum Gasteiger partial charge on any atom is -0.349 e. The molecule has 0 aliphatic heterocycles. The zero-order valence-electron chi connectivity index (χ0n) is 17.0. The summed E-state index contributed by atoms with van der Waals surface area (Å²) in [6.45, 7) is 0.670. The van der Waals surface area contributed by atoms with Gasteiger partial charge in [0.1, 0.15) is 5.69 Å². The van der Waals surface area contributed by atoms with Gasteiger partial charge in [-0.3, -0.25) is 9.78 Å². The van der Waals surface area contributed by atoms with Crippen molar-refractivity contribution in [3.8, 4) is 0 Å². The number of nitrogens with zero attached hydrogens (tertiary/aromatic N) is 1. The van der Waals surface area contributed by atoms with Crippen LogP contribution in [0.25, 0.3) is 0 Å². The zero-order valence-corrected chi connectivity index (χ0v) is 17.8. The van der Waals surface area contributed by atoms with Crippen molar-refractivity contribution in [3.05, 3.63) is 59.4 Å². The molecule has 1 aromatic heterocycles. The van der Waals surface area contributed by atoms with E-state index in [1.54, 1.807) is 0 Å². The molecule has 1 aliphatic carbocycles. The Kier molecular flexibility index (Phi) is 6.60. The largest absolute Gasteiger partial charge is 0.416 e. The van der Waals surface area contributed by atoms with Crippen molar-refractivity contribution in [2.24, 2.45) is 0 Å². The highest BCUT2D eigenvalue weighted by atomic mass is 32.2. The third-order valence-electron chi connectivity index (χ3n) is 5.41. The van der Waals surface area contributed by atoms with Gasteiger partial charge in [0.25, 0.3) is 11.8 Å². The third kappa shape index (κ3) is 5.43. The summed E-state index contributed by atoms with van der Waals surface area (Å²) in [5.41, 5.74) is -1.56. The molecule has 11 heteroatoms. The van der Waals surface area contributed by atoms with E-state index in [9.17, 15) is 35.2 Å². The van der Waals surface area contributed by atoms with Crippen LogP contribution in [0.5, 0.6) is 0 Å². The SMILES string of the molecule is CC(F)(F)c1cc(C(=O)NC2CCC(S(=O)(=O)c3cccc(C(F)(F)F)c3)CC2)ccn1. The van der Waals surface area contributed by atoms with Gasteiger partial charge in [-0.2, -0.15) is 22.0 Å². The fraction of sp³-hybridized carbons (Fsp3) is 0.429. The summed E-state index contributed by atoms with van der Waals surface area (Å²) in [4.78, 5) is 15.6. The number of rotatable bonds is 5. The second kappa shape index (κ2) is 8.76. The minimum atomic E-state index is -4.65. The van der Waals surface area contributed by atoms with Gasteiger partial charge >= 0.3 is 6.18 Å². The zero-order chi connectivity index (χ0) is 23.7. The Hall–Kier alpha value is -2.56. The van der Waals surface area contributed by atoms with Crippen LogP contribution in [0.1, 0.15) is 54.2 Å². The molecular formula is C21H21F5N2O3S. The van der Waals surface area contributed by atoms with Crippen molar-refractivity contribution in [2.75, 3.05) is 0 Å². The number of carbonyl (C=O) groups is 1. The maximum Gasteiger partial charge on any atom is 0.416 e. The van der Waals surface area contributed by atoms with E-state index in [0.717, 1.165) is 30.5 Å². The summed E-state index contributed by atoms with van der Waals surface area (Å²) < 4.78 is 91.2. The molecule has 0 bridgehead atoms. The van der Waals surface area contributed by atoms with Gasteiger partial charge < -0.3 is 5.32 Å². The molecule has 0 radical (unpaired) electrons. The Labute approximate surface area is 182 Å². The number of alkyl halides is 5. The Morgan fingerprint density at radius 1 is 1.03 bits per heavy atom. The molecule has 1 aromatic carbocycles. The lowest BCUT2D eigenvalue weighted by atomic mass is 9.94. The second-order valence-electron chi connectivity index (χ2n) is 7.84. The van der Waals surface area contributed by atoms with Gasteiger partial charge in [0, 0.05) is 24.7 Å². The fourth-order valence-corrected chi connectivity index (χ4v) is 5.48. The number of halogens is 5. The number of aromatic nitrogens is 1. The smallest absolute Gasteiger partial charge is 0.349 e. The summed E-state index contributed by atoms with van der Waals surface area (Å²) in [6, 6.07) is 5.56. The number of nitrogens with one attached hydrogen (secondary N) is 1. The van der Waals surface area contributed by atoms with Crippen molar-refractivity contribution >= 4 is 15.7 Å². The Bertz CT molecular complexity index is 1090. The molecular weight excluding hydrogens is 455 g/mol. The topological polar surface area (TPSA) is 76.1 Å². The summed E-state index contributed by atoms with van der Waals surface area (Å²) >= 11 is 0. The van der Waals surface area contributed by atoms with E-state index in [-0.39, 0.29) is 42.2 Å². The van der Waals surface area contributed by atoms with Crippen molar-refractivity contribution in [3.63, 3.8) is 0 Å². The van der Waals surface area contributed by atoms with E-state index in [1.807, 2.05) is 0 Å². The van der Waals surface area contributed by atoms with Crippen LogP contribution in [-0.4, -0.2) is 30.6 Å². The van der Waals surface area contributed by atoms with E-state index in [4.69, 9.17) is 0 Å². The minimum absolute atomic E-state index is 0.00948. The number of sulfone groups is 1. The highest BCUT2D eigenvalue weighted by molar-refractivity contribution is 7.92. The number of hydrogen-bond donors (Lipinski definition) is 1. The third-order valence-corrected chi connectivity index (χ3v) is 7.67. The van der Waals surface area contributed by atoms with Gasteiger partial charge in [0.05, 0.1) is 15.7 Å². The molecule has 0 saturated heterocycles. The molecule has 174 valence electrons. The van der Waals surface area contributed by atoms with Crippen LogP contribution >= 0.6 is 0 Å². The second-order valence-corrected chi connectivity index (χ2v) is 10.1. The number of benzene rings is 1. The Balaban J connectivity index is 1.65. The summed E-state index contributed by atoms with van der Waals surface area (Å²) in [6.07, 6.45) is -2.66. The van der Waals surface area contributed by atoms with Gasteiger partial charge in [-0.25, -0.2) is 8.42 Å². The molecule has 1 heterocycles. The van der Waals surface area contributed by atoms with Gasteiger partial charge in [0.15, 0.2) is 9.84 Å². The van der Waals surface area contributed by atoms with E-state index < -0.39 is 44.4 Å². The van der Waals surface area contributed by atoms with Crippen LogP contribution in [0, 0.1) is 0 Å². The van der Waals surface area contributed by atoms with Gasteiger partial charge in [-0.05, 0) is 56.0 Å². The van der Waals surface area contributed by atoms with Crippen LogP contribution in [-0.2, 0) is 21.9 Å². The first kappa shape index (κ1) is 24.1. The van der Waals surface area contributed by atoms with Crippen LogP contribution in [0.4, 0.5) is 22.0 Å². The molecule has 32 heavy (non-hydrogen) atoms. The molecule has 1 N–H and O–H groups in total. The molecule has 1 fully saturated rings. The summed E-state index contributed by atoms with van der Waals surface area (Å²) in [7, 11) is -3.98. The lowest BCUT2D eigenvalue weighted by molar-refractivity contribution is -0.137. The van der Waals surface area contributed by atoms with Gasteiger partial charge in [-0.15, -0.1) is 0 Å². The first-order chi connectivity index (χ1) is 14.8. The molecule has 0 atom stereocenters. The predicted octanol–water partition coefficient (Wildman–Crippen LogP) is 4.73. The highest BCUT2D eigenvalue weighted by Gasteiger charge is 2.36. The Morgan fingerprint density at radius 2 is 1.69 bits per heavy atom. The normalized spacial score (nSPS) is 20.1. The van der Waals surface area contributed by atoms with Crippen molar-refractivity contribution < 1.29 is 35.2 Å². The van der Waals surface area contributed by atoms with E-state index in [2.05, 4.69) is 10.3 Å². The molecule has 5 nitrogen and oxygen atoms in total. The molecule has 3 rings (SSSR count). The lowest BCUT2D eigenvalue weighted by Crippen LogP contribution is -2.40. The molecule has 0 unspecified atom stereocenters. The number of pyridine rings is 1. The van der Waals surface area contributed by atoms with Crippen molar-refractivity contribution in [1.29, 1.82) is 0 Å². The number of amides is 1. The maximum absolute atomic E-state index is 13.4. The molecule has 2 aromatic rings. The predicted molar refractivity (Wildman–Crippen MR) is 106 cm³/mol. The first-order valence-electron chi connectivity index (χ1n) is 9.85. The van der Waals surface area contributed by atoms with Crippen LogP contribution in [0.3, 0.4) is 0 Å². The molecule has 1 saturated carbocycles. The average molecular weight is 476 g/mol. The summed E-state index contributed by atoms with van der Waals surface area (Å²) in [5.74, 6) is -3.78. The number of carbonyl (C=O) groups excluding carboxylic acids is 1. The monoisotopic (exact) mass is 476 g/mol. The molecule has 0 spiro atoms. The quantitative estimate of drug-likeness (QED) is 0.634. The Morgan fingerprint density at radius 3 is 2.28 bits per heavy atom. The molecule has 1 aliphatic rings. The van der Waals surface area contributed by atoms with Crippen LogP contribution in [0.2, 0.25) is 0 Å². The average Bonchev–Trinajstić information content (AvgIpc) is 2.73. The molecule has 1 amide bonds. The van der Waals surface area contributed by atoms with E-state index in [1.165, 1.54) is 6.07 Å². The van der Waals surface area contributed by atoms with Crippen molar-refractivity contribution in [2.45, 2.75) is 60.9 Å². The van der Waals surface area contributed by atoms with Crippen molar-refractivity contribution in [1.82, 2.24) is 10.3 Å². The highest BCUT2D eigenvalue weighted by Crippen LogP contribution is 2.34. The maximum atomic E-state index is 13.4. The van der Waals surface area contributed by atoms with E-state index in [0.29, 0.717) is 13.0 Å². The lowest BCUT2D eigenvalue weighted by Gasteiger charge is -2.29. The van der Waals surface area contributed by atoms with E-state index >= 15 is 0 Å². The standard InChI is InChI=1S/C21H21F5N2O3S/c1-20(22,23)18-11-13(9-10-27-18)19(29)28-15-5-7-16(8-6-15)32(30,31)17-4-2-3-14(12-17)21(24,25)26/h2-4,9-12,15-16H,5-8H2,1H3,(H,28,29). The van der Waals surface area contributed by atoms with Gasteiger partial charge in [0.2, 0.25) is 0 Å².